The Morgan fingerprint density at radius 2 is 1.67 bits per heavy atom. The molecule has 2 rings (SSSR count). The van der Waals surface area contributed by atoms with Crippen LogP contribution in [0.4, 0.5) is 5.69 Å². The van der Waals surface area contributed by atoms with Crippen LogP contribution in [0, 0.1) is 0 Å². The number of hydrogen-bond acceptors (Lipinski definition) is 4. The van der Waals surface area contributed by atoms with Gasteiger partial charge in [0.15, 0.2) is 11.5 Å². The van der Waals surface area contributed by atoms with Crippen molar-refractivity contribution in [3.8, 4) is 11.5 Å². The minimum Gasteiger partial charge on any atom is -0.485 e. The molecule has 0 atom stereocenters. The van der Waals surface area contributed by atoms with Crippen LogP contribution in [-0.2, 0) is 4.57 Å². The summed E-state index contributed by atoms with van der Waals surface area (Å²) in [6, 6.07) is 3.46. The molecule has 0 spiro atoms. The molecule has 0 aromatic heterocycles. The van der Waals surface area contributed by atoms with E-state index in [-0.39, 0.29) is 0 Å². The molecule has 1 aromatic carbocycles. The zero-order valence-corrected chi connectivity index (χ0v) is 12.4. The summed E-state index contributed by atoms with van der Waals surface area (Å²) in [6.07, 6.45) is 1.25. The molecule has 0 bridgehead atoms. The maximum Gasteiger partial charge on any atom is 0.185 e. The third kappa shape index (κ3) is 3.42. The van der Waals surface area contributed by atoms with E-state index in [1.54, 1.807) is 25.5 Å². The van der Waals surface area contributed by atoms with Crippen LogP contribution in [0.25, 0.3) is 0 Å². The molecule has 0 radical (unpaired) electrons. The number of nitrogen functional groups attached to an aromatic ring is 1. The molecule has 0 aliphatic carbocycles. The molecular weight excluding hydrogens is 249 g/mol. The van der Waals surface area contributed by atoms with Gasteiger partial charge in [-0.2, -0.15) is 0 Å². The fourth-order valence-corrected chi connectivity index (χ4v) is 2.66. The van der Waals surface area contributed by atoms with E-state index in [0.29, 0.717) is 35.7 Å². The second-order valence-corrected chi connectivity index (χ2v) is 7.77. The van der Waals surface area contributed by atoms with Crippen molar-refractivity contribution in [2.75, 3.05) is 32.3 Å². The topological polar surface area (TPSA) is 61.6 Å². The van der Waals surface area contributed by atoms with Gasteiger partial charge in [-0.1, -0.05) is 20.3 Å². The molecule has 1 aromatic rings. The largest absolute Gasteiger partial charge is 0.485 e. The summed E-state index contributed by atoms with van der Waals surface area (Å²) in [4.78, 5) is 0. The number of ether oxygens (including phenoxy) is 2. The zero-order chi connectivity index (χ0) is 13.8. The number of nitrogens with two attached hydrogens (primary N) is 1. The van der Waals surface area contributed by atoms with Gasteiger partial charge in [0.2, 0.25) is 0 Å². The number of rotatable bonds is 1. The number of hydrogen-bond donors (Lipinski definition) is 1. The maximum atomic E-state index is 12.0. The summed E-state index contributed by atoms with van der Waals surface area (Å²) in [6.45, 7) is 8.62. The van der Waals surface area contributed by atoms with Crippen LogP contribution in [0.3, 0.4) is 0 Å². The lowest BCUT2D eigenvalue weighted by atomic mass is 10.2. The normalized spacial score (nSPS) is 13.6. The Labute approximate surface area is 109 Å². The van der Waals surface area contributed by atoms with Gasteiger partial charge in [0.05, 0.1) is 11.0 Å². The second kappa shape index (κ2) is 6.14. The first kappa shape index (κ1) is 14.9. The lowest BCUT2D eigenvalue weighted by Crippen LogP contribution is -2.22. The Balaban J connectivity index is 0.000000492. The van der Waals surface area contributed by atoms with Gasteiger partial charge < -0.3 is 19.8 Å². The van der Waals surface area contributed by atoms with Gasteiger partial charge in [0, 0.05) is 0 Å². The van der Waals surface area contributed by atoms with E-state index >= 15 is 0 Å². The molecular formula is C13H22NO3P. The van der Waals surface area contributed by atoms with Crippen LogP contribution in [0.5, 0.6) is 11.5 Å². The van der Waals surface area contributed by atoms with Gasteiger partial charge >= 0.3 is 0 Å². The van der Waals surface area contributed by atoms with Crippen LogP contribution >= 0.6 is 7.14 Å². The standard InChI is InChI=1S/C10H14NO3P.C3H8/c1-15(2,12)8-4-3-7(11)9-10(8)14-6-5-13-9;1-3-2/h3-4H,5-6,11H2,1-2H3;3H2,1-2H3. The van der Waals surface area contributed by atoms with E-state index in [1.807, 2.05) is 0 Å². The molecule has 2 N–H and O–H groups in total. The van der Waals surface area contributed by atoms with Crippen molar-refractivity contribution >= 4 is 18.1 Å². The van der Waals surface area contributed by atoms with E-state index < -0.39 is 7.14 Å². The van der Waals surface area contributed by atoms with Crippen LogP contribution in [0.15, 0.2) is 12.1 Å². The Kier molecular flexibility index (Phi) is 5.09. The molecule has 1 heterocycles. The van der Waals surface area contributed by atoms with Crippen molar-refractivity contribution in [2.24, 2.45) is 0 Å². The minimum atomic E-state index is -2.36. The Morgan fingerprint density at radius 1 is 1.17 bits per heavy atom. The molecule has 0 amide bonds. The van der Waals surface area contributed by atoms with Crippen LogP contribution < -0.4 is 20.5 Å². The highest BCUT2D eigenvalue weighted by molar-refractivity contribution is 7.70. The van der Waals surface area contributed by atoms with Gasteiger partial charge in [-0.05, 0) is 25.5 Å². The van der Waals surface area contributed by atoms with Crippen molar-refractivity contribution in [3.05, 3.63) is 12.1 Å². The number of fused-ring (bicyclic) bond motifs is 1. The summed E-state index contributed by atoms with van der Waals surface area (Å²) in [5.74, 6) is 1.08. The molecule has 5 heteroatoms. The SMILES string of the molecule is CCC.CP(C)(=O)c1ccc(N)c2c1OCCO2. The Morgan fingerprint density at radius 3 is 2.17 bits per heavy atom. The van der Waals surface area contributed by atoms with Crippen LogP contribution in [-0.4, -0.2) is 26.5 Å². The number of benzene rings is 1. The van der Waals surface area contributed by atoms with Crippen LogP contribution in [0.1, 0.15) is 20.3 Å². The summed E-state index contributed by atoms with van der Waals surface area (Å²) in [7, 11) is -2.36. The fourth-order valence-electron chi connectivity index (χ4n) is 1.57. The van der Waals surface area contributed by atoms with Gasteiger partial charge in [0.1, 0.15) is 20.4 Å². The molecule has 0 unspecified atom stereocenters. The summed E-state index contributed by atoms with van der Waals surface area (Å²) in [5.41, 5.74) is 6.29. The smallest absolute Gasteiger partial charge is 0.185 e. The average Bonchev–Trinajstić information content (AvgIpc) is 2.29. The fraction of sp³-hybridized carbons (Fsp3) is 0.538. The van der Waals surface area contributed by atoms with Crippen LogP contribution in [0.2, 0.25) is 0 Å². The monoisotopic (exact) mass is 271 g/mol. The zero-order valence-electron chi connectivity index (χ0n) is 11.5. The summed E-state index contributed by atoms with van der Waals surface area (Å²) in [5, 5.41) is 0.700. The molecule has 1 aliphatic heterocycles. The third-order valence-corrected chi connectivity index (χ3v) is 3.79. The van der Waals surface area contributed by atoms with Crippen molar-refractivity contribution in [1.82, 2.24) is 0 Å². The van der Waals surface area contributed by atoms with E-state index in [2.05, 4.69) is 13.8 Å². The molecule has 4 nitrogen and oxygen atoms in total. The minimum absolute atomic E-state index is 0.476. The van der Waals surface area contributed by atoms with E-state index in [1.165, 1.54) is 6.42 Å². The lowest BCUT2D eigenvalue weighted by Gasteiger charge is -2.23. The molecule has 0 saturated heterocycles. The van der Waals surface area contributed by atoms with Crippen molar-refractivity contribution < 1.29 is 14.0 Å². The van der Waals surface area contributed by atoms with Gasteiger partial charge in [-0.25, -0.2) is 0 Å². The highest BCUT2D eigenvalue weighted by Gasteiger charge is 2.25. The van der Waals surface area contributed by atoms with Gasteiger partial charge in [-0.15, -0.1) is 0 Å². The van der Waals surface area contributed by atoms with E-state index in [0.717, 1.165) is 0 Å². The first-order valence-corrected chi connectivity index (χ1v) is 8.75. The Bertz CT molecular complexity index is 454. The highest BCUT2D eigenvalue weighted by atomic mass is 31.2. The average molecular weight is 271 g/mol. The Hall–Kier alpha value is -1.15. The number of anilines is 1. The molecule has 18 heavy (non-hydrogen) atoms. The first-order chi connectivity index (χ1) is 8.41. The van der Waals surface area contributed by atoms with Crippen molar-refractivity contribution in [2.45, 2.75) is 20.3 Å². The second-order valence-electron chi connectivity index (χ2n) is 4.59. The molecule has 0 fully saturated rings. The quantitative estimate of drug-likeness (QED) is 0.630. The van der Waals surface area contributed by atoms with E-state index in [4.69, 9.17) is 15.2 Å². The van der Waals surface area contributed by atoms with Crippen molar-refractivity contribution in [1.29, 1.82) is 0 Å². The predicted molar refractivity (Wildman–Crippen MR) is 76.9 cm³/mol. The van der Waals surface area contributed by atoms with E-state index in [9.17, 15) is 4.57 Å². The van der Waals surface area contributed by atoms with Gasteiger partial charge in [0.25, 0.3) is 0 Å². The highest BCUT2D eigenvalue weighted by Crippen LogP contribution is 2.45. The van der Waals surface area contributed by atoms with Crippen molar-refractivity contribution in [3.63, 3.8) is 0 Å². The molecule has 102 valence electrons. The molecule has 1 aliphatic rings. The molecule has 0 saturated carbocycles. The summed E-state index contributed by atoms with van der Waals surface area (Å²) >= 11 is 0. The first-order valence-electron chi connectivity index (χ1n) is 6.15. The predicted octanol–water partition coefficient (Wildman–Crippen LogP) is 2.70. The summed E-state index contributed by atoms with van der Waals surface area (Å²) < 4.78 is 22.9. The lowest BCUT2D eigenvalue weighted by molar-refractivity contribution is 0.174. The third-order valence-electron chi connectivity index (χ3n) is 2.28. The van der Waals surface area contributed by atoms with Gasteiger partial charge in [-0.3, -0.25) is 0 Å². The maximum absolute atomic E-state index is 12.0.